The molecule has 0 aromatic carbocycles. The van der Waals surface area contributed by atoms with Gasteiger partial charge in [0.05, 0.1) is 6.61 Å². The van der Waals surface area contributed by atoms with Gasteiger partial charge in [-0.15, -0.1) is 0 Å². The molecule has 0 aliphatic rings. The van der Waals surface area contributed by atoms with E-state index in [2.05, 4.69) is 24.5 Å². The van der Waals surface area contributed by atoms with Crippen molar-refractivity contribution < 1.29 is 19.8 Å². The summed E-state index contributed by atoms with van der Waals surface area (Å²) in [5.41, 5.74) is 0. The second kappa shape index (κ2) is 9.70. The first-order valence-corrected chi connectivity index (χ1v) is 6.43. The van der Waals surface area contributed by atoms with E-state index in [9.17, 15) is 9.59 Å². The predicted molar refractivity (Wildman–Crippen MR) is 68.4 cm³/mol. The molecule has 1 unspecified atom stereocenters. The Balaban J connectivity index is 3.96. The standard InChI is InChI=1S/C12H24N2O4/c1-3-5-6-9(4-2)7-13-12(18)14-10(8-15)11(16)17/h9-10,15H,3-8H2,1-2H3,(H,16,17)(H2,13,14,18)/t9?,10-/m1/s1. The molecule has 2 atom stereocenters. The second-order valence-corrected chi connectivity index (χ2v) is 4.34. The molecule has 18 heavy (non-hydrogen) atoms. The molecule has 0 radical (unpaired) electrons. The van der Waals surface area contributed by atoms with E-state index in [1.54, 1.807) is 0 Å². The van der Waals surface area contributed by atoms with E-state index in [0.29, 0.717) is 12.5 Å². The number of aliphatic carboxylic acids is 1. The van der Waals surface area contributed by atoms with E-state index in [0.717, 1.165) is 25.7 Å². The normalized spacial score (nSPS) is 13.7. The van der Waals surface area contributed by atoms with Gasteiger partial charge in [-0.3, -0.25) is 0 Å². The first-order valence-electron chi connectivity index (χ1n) is 6.43. The average molecular weight is 260 g/mol. The molecule has 106 valence electrons. The average Bonchev–Trinajstić information content (AvgIpc) is 2.35. The molecular formula is C12H24N2O4. The van der Waals surface area contributed by atoms with Gasteiger partial charge in [-0.1, -0.05) is 33.1 Å². The lowest BCUT2D eigenvalue weighted by molar-refractivity contribution is -0.140. The molecule has 2 amide bonds. The van der Waals surface area contributed by atoms with Crippen LogP contribution < -0.4 is 10.6 Å². The molecule has 0 spiro atoms. The van der Waals surface area contributed by atoms with Crippen LogP contribution in [0.4, 0.5) is 4.79 Å². The fraction of sp³-hybridized carbons (Fsp3) is 0.833. The number of hydrogen-bond donors (Lipinski definition) is 4. The lowest BCUT2D eigenvalue weighted by Crippen LogP contribution is -2.48. The Bertz CT molecular complexity index is 258. The minimum Gasteiger partial charge on any atom is -0.480 e. The molecule has 6 nitrogen and oxygen atoms in total. The van der Waals surface area contributed by atoms with Crippen LogP contribution in [0.15, 0.2) is 0 Å². The molecule has 0 aromatic rings. The van der Waals surface area contributed by atoms with Gasteiger partial charge in [0.15, 0.2) is 6.04 Å². The number of amides is 2. The van der Waals surface area contributed by atoms with Crippen molar-refractivity contribution in [3.63, 3.8) is 0 Å². The molecule has 0 aliphatic heterocycles. The van der Waals surface area contributed by atoms with Crippen LogP contribution in [0.5, 0.6) is 0 Å². The van der Waals surface area contributed by atoms with Gasteiger partial charge in [-0.05, 0) is 12.3 Å². The minimum absolute atomic E-state index is 0.410. The van der Waals surface area contributed by atoms with Crippen LogP contribution in [0, 0.1) is 5.92 Å². The van der Waals surface area contributed by atoms with Crippen LogP contribution in [0.2, 0.25) is 0 Å². The highest BCUT2D eigenvalue weighted by Crippen LogP contribution is 2.10. The smallest absolute Gasteiger partial charge is 0.328 e. The number of carbonyl (C=O) groups is 2. The Morgan fingerprint density at radius 3 is 2.39 bits per heavy atom. The van der Waals surface area contributed by atoms with Gasteiger partial charge >= 0.3 is 12.0 Å². The number of aliphatic hydroxyl groups excluding tert-OH is 1. The van der Waals surface area contributed by atoms with Crippen LogP contribution in [-0.4, -0.2) is 41.4 Å². The predicted octanol–water partition coefficient (Wildman–Crippen LogP) is 0.948. The molecular weight excluding hydrogens is 236 g/mol. The third-order valence-electron chi connectivity index (χ3n) is 2.88. The van der Waals surface area contributed by atoms with E-state index in [1.165, 1.54) is 0 Å². The number of nitrogens with one attached hydrogen (secondary N) is 2. The molecule has 4 N–H and O–H groups in total. The van der Waals surface area contributed by atoms with Crippen LogP contribution in [-0.2, 0) is 4.79 Å². The summed E-state index contributed by atoms with van der Waals surface area (Å²) in [7, 11) is 0. The first-order chi connectivity index (χ1) is 8.54. The lowest BCUT2D eigenvalue weighted by atomic mass is 9.99. The van der Waals surface area contributed by atoms with Gasteiger partial charge < -0.3 is 20.8 Å². The van der Waals surface area contributed by atoms with E-state index in [1.807, 2.05) is 0 Å². The van der Waals surface area contributed by atoms with E-state index >= 15 is 0 Å². The Kier molecular flexibility index (Phi) is 9.00. The summed E-state index contributed by atoms with van der Waals surface area (Å²) in [6.07, 6.45) is 4.27. The molecule has 0 aliphatic carbocycles. The van der Waals surface area contributed by atoms with Crippen molar-refractivity contribution in [3.05, 3.63) is 0 Å². The number of carboxylic acids is 1. The number of urea groups is 1. The lowest BCUT2D eigenvalue weighted by Gasteiger charge is -2.17. The Labute approximate surface area is 108 Å². The Morgan fingerprint density at radius 1 is 1.28 bits per heavy atom. The quantitative estimate of drug-likeness (QED) is 0.496. The van der Waals surface area contributed by atoms with Gasteiger partial charge in [-0.25, -0.2) is 9.59 Å². The van der Waals surface area contributed by atoms with Crippen LogP contribution in [0.1, 0.15) is 39.5 Å². The maximum Gasteiger partial charge on any atom is 0.328 e. The van der Waals surface area contributed by atoms with Crippen molar-refractivity contribution in [1.29, 1.82) is 0 Å². The molecule has 0 fully saturated rings. The summed E-state index contributed by atoms with van der Waals surface area (Å²) in [5.74, 6) is -0.834. The number of carbonyl (C=O) groups excluding carboxylic acids is 1. The van der Waals surface area contributed by atoms with Crippen molar-refractivity contribution in [1.82, 2.24) is 10.6 Å². The molecule has 0 saturated heterocycles. The highest BCUT2D eigenvalue weighted by Gasteiger charge is 2.18. The fourth-order valence-corrected chi connectivity index (χ4v) is 1.58. The van der Waals surface area contributed by atoms with Crippen molar-refractivity contribution >= 4 is 12.0 Å². The van der Waals surface area contributed by atoms with Gasteiger partial charge in [-0.2, -0.15) is 0 Å². The van der Waals surface area contributed by atoms with Crippen molar-refractivity contribution in [2.24, 2.45) is 5.92 Å². The second-order valence-electron chi connectivity index (χ2n) is 4.34. The molecule has 6 heteroatoms. The van der Waals surface area contributed by atoms with Crippen molar-refractivity contribution in [2.45, 2.75) is 45.6 Å². The number of hydrogen-bond acceptors (Lipinski definition) is 3. The van der Waals surface area contributed by atoms with E-state index < -0.39 is 24.6 Å². The topological polar surface area (TPSA) is 98.7 Å². The Hall–Kier alpha value is -1.30. The number of rotatable bonds is 9. The summed E-state index contributed by atoms with van der Waals surface area (Å²) >= 11 is 0. The molecule has 0 aromatic heterocycles. The zero-order valence-corrected chi connectivity index (χ0v) is 11.1. The minimum atomic E-state index is -1.25. The highest BCUT2D eigenvalue weighted by molar-refractivity contribution is 5.82. The van der Waals surface area contributed by atoms with Gasteiger partial charge in [0.1, 0.15) is 0 Å². The maximum atomic E-state index is 11.4. The van der Waals surface area contributed by atoms with Crippen LogP contribution >= 0.6 is 0 Å². The highest BCUT2D eigenvalue weighted by atomic mass is 16.4. The van der Waals surface area contributed by atoms with E-state index in [4.69, 9.17) is 10.2 Å². The molecule has 0 bridgehead atoms. The SMILES string of the molecule is CCCCC(CC)CNC(=O)N[C@H](CO)C(=O)O. The van der Waals surface area contributed by atoms with Crippen LogP contribution in [0.25, 0.3) is 0 Å². The number of aliphatic hydroxyl groups is 1. The summed E-state index contributed by atoms with van der Waals surface area (Å²) in [6, 6.07) is -1.80. The third kappa shape index (κ3) is 7.11. The first kappa shape index (κ1) is 16.7. The van der Waals surface area contributed by atoms with Gasteiger partial charge in [0, 0.05) is 6.54 Å². The summed E-state index contributed by atoms with van der Waals surface area (Å²) in [6.45, 7) is 4.09. The zero-order chi connectivity index (χ0) is 14.0. The Morgan fingerprint density at radius 2 is 1.94 bits per heavy atom. The van der Waals surface area contributed by atoms with Crippen LogP contribution in [0.3, 0.4) is 0 Å². The summed E-state index contributed by atoms with van der Waals surface area (Å²) < 4.78 is 0. The van der Waals surface area contributed by atoms with E-state index in [-0.39, 0.29) is 0 Å². The zero-order valence-electron chi connectivity index (χ0n) is 11.1. The molecule has 0 heterocycles. The third-order valence-corrected chi connectivity index (χ3v) is 2.88. The molecule has 0 saturated carbocycles. The van der Waals surface area contributed by atoms with Crippen molar-refractivity contribution in [2.75, 3.05) is 13.2 Å². The van der Waals surface area contributed by atoms with Gasteiger partial charge in [0.25, 0.3) is 0 Å². The largest absolute Gasteiger partial charge is 0.480 e. The molecule has 0 rings (SSSR count). The maximum absolute atomic E-state index is 11.4. The fourth-order valence-electron chi connectivity index (χ4n) is 1.58. The number of unbranched alkanes of at least 4 members (excludes halogenated alkanes) is 1. The van der Waals surface area contributed by atoms with Crippen molar-refractivity contribution in [3.8, 4) is 0 Å². The number of carboxylic acid groups (broad SMARTS) is 1. The summed E-state index contributed by atoms with van der Waals surface area (Å²) in [4.78, 5) is 22.0. The monoisotopic (exact) mass is 260 g/mol. The summed E-state index contributed by atoms with van der Waals surface area (Å²) in [5, 5.41) is 22.3. The van der Waals surface area contributed by atoms with Gasteiger partial charge in [0.2, 0.25) is 0 Å².